The summed E-state index contributed by atoms with van der Waals surface area (Å²) >= 11 is 12.6. The Labute approximate surface area is 163 Å². The van der Waals surface area contributed by atoms with Crippen LogP contribution in [-0.4, -0.2) is 18.1 Å². The summed E-state index contributed by atoms with van der Waals surface area (Å²) < 4.78 is 14.6. The molecule has 0 aromatic heterocycles. The van der Waals surface area contributed by atoms with Crippen LogP contribution in [0.4, 0.5) is 4.39 Å². The lowest BCUT2D eigenvalue weighted by molar-refractivity contribution is -0.120. The fraction of sp³-hybridized carbons (Fsp3) is 0.350. The first-order chi connectivity index (χ1) is 12.2. The molecule has 6 heteroatoms. The second kappa shape index (κ2) is 8.74. The highest BCUT2D eigenvalue weighted by Crippen LogP contribution is 2.34. The van der Waals surface area contributed by atoms with Crippen molar-refractivity contribution in [1.82, 2.24) is 5.32 Å². The number of benzene rings is 2. The molecule has 0 atom stereocenters. The minimum atomic E-state index is -0.544. The molecule has 140 valence electrons. The smallest absolute Gasteiger partial charge is 0.220 e. The number of hydrogen-bond acceptors (Lipinski definition) is 2. The number of aromatic hydroxyl groups is 1. The van der Waals surface area contributed by atoms with Gasteiger partial charge in [0, 0.05) is 24.9 Å². The lowest BCUT2D eigenvalue weighted by Crippen LogP contribution is -2.18. The largest absolute Gasteiger partial charge is 0.508 e. The van der Waals surface area contributed by atoms with Crippen molar-refractivity contribution >= 4 is 29.1 Å². The van der Waals surface area contributed by atoms with Gasteiger partial charge in [0.05, 0.1) is 5.02 Å². The predicted molar refractivity (Wildman–Crippen MR) is 104 cm³/mol. The quantitative estimate of drug-likeness (QED) is 0.655. The van der Waals surface area contributed by atoms with Crippen molar-refractivity contribution in [2.45, 2.75) is 39.0 Å². The first-order valence-corrected chi connectivity index (χ1v) is 9.17. The van der Waals surface area contributed by atoms with Crippen LogP contribution in [-0.2, 0) is 17.6 Å². The van der Waals surface area contributed by atoms with E-state index in [0.29, 0.717) is 22.6 Å². The van der Waals surface area contributed by atoms with E-state index in [-0.39, 0.29) is 35.4 Å². The molecule has 0 aliphatic carbocycles. The molecule has 3 nitrogen and oxygen atoms in total. The van der Waals surface area contributed by atoms with Gasteiger partial charge in [0.25, 0.3) is 0 Å². The molecule has 26 heavy (non-hydrogen) atoms. The van der Waals surface area contributed by atoms with E-state index in [9.17, 15) is 14.3 Å². The number of phenols is 1. The monoisotopic (exact) mass is 397 g/mol. The molecule has 1 amide bonds. The third-order valence-electron chi connectivity index (χ3n) is 4.32. The number of carbonyl (C=O) groups is 1. The third-order valence-corrected chi connectivity index (χ3v) is 5.06. The van der Waals surface area contributed by atoms with Crippen LogP contribution in [0, 0.1) is 5.82 Å². The van der Waals surface area contributed by atoms with Crippen LogP contribution in [0.1, 0.15) is 48.4 Å². The summed E-state index contributed by atoms with van der Waals surface area (Å²) in [6, 6.07) is 6.81. The Kier molecular flexibility index (Phi) is 6.90. The molecule has 0 saturated heterocycles. The van der Waals surface area contributed by atoms with Crippen molar-refractivity contribution in [1.29, 1.82) is 0 Å². The van der Waals surface area contributed by atoms with Gasteiger partial charge in [0.2, 0.25) is 5.91 Å². The van der Waals surface area contributed by atoms with E-state index < -0.39 is 5.82 Å². The van der Waals surface area contributed by atoms with Gasteiger partial charge in [-0.3, -0.25) is 4.79 Å². The normalized spacial score (nSPS) is 11.0. The summed E-state index contributed by atoms with van der Waals surface area (Å²) in [6.07, 6.45) is 0.737. The Balaban J connectivity index is 2.32. The number of rotatable bonds is 6. The molecular formula is C20H22Cl2FNO2. The van der Waals surface area contributed by atoms with E-state index in [0.717, 1.165) is 11.1 Å². The third kappa shape index (κ3) is 4.68. The Bertz CT molecular complexity index is 822. The average Bonchev–Trinajstić information content (AvgIpc) is 2.61. The van der Waals surface area contributed by atoms with Gasteiger partial charge in [-0.05, 0) is 46.7 Å². The molecule has 0 heterocycles. The zero-order valence-corrected chi connectivity index (χ0v) is 16.5. The summed E-state index contributed by atoms with van der Waals surface area (Å²) in [6.45, 7) is 3.97. The number of carbonyl (C=O) groups excluding carboxylic acids is 1. The zero-order valence-electron chi connectivity index (χ0n) is 15.0. The molecule has 2 aromatic rings. The number of hydrogen-bond donors (Lipinski definition) is 2. The van der Waals surface area contributed by atoms with Gasteiger partial charge in [-0.2, -0.15) is 0 Å². The number of halogens is 3. The molecule has 0 unspecified atom stereocenters. The lowest BCUT2D eigenvalue weighted by Gasteiger charge is -2.14. The topological polar surface area (TPSA) is 49.3 Å². The molecule has 2 rings (SSSR count). The zero-order chi connectivity index (χ0) is 19.4. The van der Waals surface area contributed by atoms with Crippen molar-refractivity contribution in [3.8, 4) is 5.75 Å². The van der Waals surface area contributed by atoms with Crippen molar-refractivity contribution in [3.05, 3.63) is 62.4 Å². The van der Waals surface area contributed by atoms with Crippen molar-refractivity contribution in [3.63, 3.8) is 0 Å². The van der Waals surface area contributed by atoms with E-state index in [4.69, 9.17) is 23.2 Å². The lowest BCUT2D eigenvalue weighted by atomic mass is 9.95. The number of aryl methyl sites for hydroxylation is 1. The summed E-state index contributed by atoms with van der Waals surface area (Å²) in [7, 11) is 1.53. The van der Waals surface area contributed by atoms with E-state index in [1.54, 1.807) is 12.1 Å². The highest BCUT2D eigenvalue weighted by molar-refractivity contribution is 6.36. The molecule has 0 fully saturated rings. The Morgan fingerprint density at radius 2 is 1.96 bits per heavy atom. The number of phenolic OH excluding ortho intramolecular Hbond substituents is 1. The predicted octanol–water partition coefficient (Wildman–Crippen LogP) is 5.23. The minimum absolute atomic E-state index is 0.0245. The summed E-state index contributed by atoms with van der Waals surface area (Å²) in [4.78, 5) is 11.4. The Hall–Kier alpha value is -1.78. The molecule has 0 spiro atoms. The molecule has 2 N–H and O–H groups in total. The van der Waals surface area contributed by atoms with Crippen LogP contribution in [0.15, 0.2) is 24.3 Å². The van der Waals surface area contributed by atoms with Gasteiger partial charge in [-0.1, -0.05) is 49.2 Å². The van der Waals surface area contributed by atoms with Crippen molar-refractivity contribution < 1.29 is 14.3 Å². The Morgan fingerprint density at radius 1 is 1.27 bits per heavy atom. The van der Waals surface area contributed by atoms with Crippen LogP contribution in [0.3, 0.4) is 0 Å². The van der Waals surface area contributed by atoms with E-state index in [2.05, 4.69) is 5.32 Å². The fourth-order valence-electron chi connectivity index (χ4n) is 2.78. The van der Waals surface area contributed by atoms with Crippen LogP contribution >= 0.6 is 23.2 Å². The van der Waals surface area contributed by atoms with Crippen LogP contribution in [0.2, 0.25) is 10.0 Å². The number of nitrogens with one attached hydrogen (secondary N) is 1. The SMILES string of the molecule is CNC(=O)CCc1cc(Cl)c(Cc2ccc(O)c(C(C)C)c2)c(Cl)c1F. The first-order valence-electron chi connectivity index (χ1n) is 8.42. The van der Waals surface area contributed by atoms with Crippen molar-refractivity contribution in [2.75, 3.05) is 7.05 Å². The molecule has 0 saturated carbocycles. The molecule has 0 aliphatic heterocycles. The first kappa shape index (κ1) is 20.5. The summed E-state index contributed by atoms with van der Waals surface area (Å²) in [5.41, 5.74) is 2.51. The standard InChI is InChI=1S/C20H22Cl2FNO2/c1-11(2)14-8-12(4-6-17(14)25)9-15-16(21)10-13(20(23)19(15)22)5-7-18(26)24-3/h4,6,8,10-11,25H,5,7,9H2,1-3H3,(H,24,26). The summed E-state index contributed by atoms with van der Waals surface area (Å²) in [5, 5.41) is 12.8. The van der Waals surface area contributed by atoms with Gasteiger partial charge >= 0.3 is 0 Å². The van der Waals surface area contributed by atoms with Gasteiger partial charge in [0.15, 0.2) is 0 Å². The fourth-order valence-corrected chi connectivity index (χ4v) is 3.41. The molecular weight excluding hydrogens is 376 g/mol. The van der Waals surface area contributed by atoms with Gasteiger partial charge in [0.1, 0.15) is 11.6 Å². The molecule has 0 aliphatic rings. The van der Waals surface area contributed by atoms with E-state index in [1.165, 1.54) is 13.1 Å². The average molecular weight is 398 g/mol. The minimum Gasteiger partial charge on any atom is -0.508 e. The van der Waals surface area contributed by atoms with Gasteiger partial charge < -0.3 is 10.4 Å². The van der Waals surface area contributed by atoms with Gasteiger partial charge in [-0.25, -0.2) is 4.39 Å². The summed E-state index contributed by atoms with van der Waals surface area (Å²) in [5.74, 6) is -0.328. The van der Waals surface area contributed by atoms with E-state index >= 15 is 0 Å². The maximum absolute atomic E-state index is 14.6. The van der Waals surface area contributed by atoms with Crippen molar-refractivity contribution in [2.24, 2.45) is 0 Å². The number of amides is 1. The van der Waals surface area contributed by atoms with E-state index in [1.807, 2.05) is 19.9 Å². The van der Waals surface area contributed by atoms with Crippen LogP contribution < -0.4 is 5.32 Å². The molecule has 2 aromatic carbocycles. The highest BCUT2D eigenvalue weighted by Gasteiger charge is 2.18. The molecule has 0 radical (unpaired) electrons. The maximum Gasteiger partial charge on any atom is 0.220 e. The van der Waals surface area contributed by atoms with Gasteiger partial charge in [-0.15, -0.1) is 0 Å². The second-order valence-corrected chi connectivity index (χ2v) is 7.31. The second-order valence-electron chi connectivity index (χ2n) is 6.52. The maximum atomic E-state index is 14.6. The highest BCUT2D eigenvalue weighted by atomic mass is 35.5. The van der Waals surface area contributed by atoms with Crippen LogP contribution in [0.25, 0.3) is 0 Å². The Morgan fingerprint density at radius 3 is 2.58 bits per heavy atom. The molecule has 0 bridgehead atoms. The van der Waals surface area contributed by atoms with Crippen LogP contribution in [0.5, 0.6) is 5.75 Å².